The molecular formula is C12H16FNO2S. The van der Waals surface area contributed by atoms with Crippen LogP contribution in [-0.2, 0) is 0 Å². The van der Waals surface area contributed by atoms with Crippen LogP contribution in [0.15, 0.2) is 23.1 Å². The van der Waals surface area contributed by atoms with Crippen LogP contribution in [0.2, 0.25) is 0 Å². The average molecular weight is 257 g/mol. The lowest BCUT2D eigenvalue weighted by molar-refractivity contribution is 0.0899. The Morgan fingerprint density at radius 3 is 2.71 bits per heavy atom. The molecule has 0 aliphatic rings. The second-order valence-corrected chi connectivity index (χ2v) is 4.96. The van der Waals surface area contributed by atoms with Crippen molar-refractivity contribution in [1.82, 2.24) is 5.32 Å². The van der Waals surface area contributed by atoms with Crippen LogP contribution in [0.5, 0.6) is 0 Å². The number of aliphatic hydroxyl groups excluding tert-OH is 1. The minimum Gasteiger partial charge on any atom is -0.396 e. The molecule has 0 aromatic heterocycles. The maximum absolute atomic E-state index is 13.0. The van der Waals surface area contributed by atoms with Gasteiger partial charge in [0.05, 0.1) is 0 Å². The van der Waals surface area contributed by atoms with Gasteiger partial charge >= 0.3 is 0 Å². The molecule has 0 atom stereocenters. The first-order valence-electron chi connectivity index (χ1n) is 5.27. The lowest BCUT2D eigenvalue weighted by Gasteiger charge is -2.25. The highest BCUT2D eigenvalue weighted by atomic mass is 32.1. The van der Waals surface area contributed by atoms with Crippen molar-refractivity contribution in [2.24, 2.45) is 0 Å². The summed E-state index contributed by atoms with van der Waals surface area (Å²) in [6.07, 6.45) is 0.452. The molecule has 0 saturated carbocycles. The molecule has 0 unspecified atom stereocenters. The van der Waals surface area contributed by atoms with Crippen LogP contribution in [0.1, 0.15) is 30.6 Å². The van der Waals surface area contributed by atoms with Crippen molar-refractivity contribution in [2.75, 3.05) is 6.61 Å². The van der Waals surface area contributed by atoms with Crippen LogP contribution in [0.4, 0.5) is 4.39 Å². The van der Waals surface area contributed by atoms with Gasteiger partial charge in [0.2, 0.25) is 0 Å². The number of carbonyl (C=O) groups is 1. The first kappa shape index (κ1) is 14.0. The van der Waals surface area contributed by atoms with E-state index in [1.165, 1.54) is 18.2 Å². The predicted octanol–water partition coefficient (Wildman–Crippen LogP) is 2.01. The molecule has 0 saturated heterocycles. The van der Waals surface area contributed by atoms with Crippen LogP contribution in [0.25, 0.3) is 0 Å². The van der Waals surface area contributed by atoms with E-state index >= 15 is 0 Å². The Labute approximate surface area is 105 Å². The average Bonchev–Trinajstić information content (AvgIpc) is 2.21. The van der Waals surface area contributed by atoms with Gasteiger partial charge in [0.25, 0.3) is 5.91 Å². The topological polar surface area (TPSA) is 49.3 Å². The Morgan fingerprint density at radius 2 is 2.18 bits per heavy atom. The van der Waals surface area contributed by atoms with E-state index in [1.54, 1.807) is 0 Å². The van der Waals surface area contributed by atoms with E-state index in [0.29, 0.717) is 12.0 Å². The summed E-state index contributed by atoms with van der Waals surface area (Å²) in [5.41, 5.74) is -0.154. The molecule has 17 heavy (non-hydrogen) atoms. The number of benzene rings is 1. The molecule has 0 heterocycles. The number of nitrogens with one attached hydrogen (secondary N) is 1. The van der Waals surface area contributed by atoms with Crippen molar-refractivity contribution in [2.45, 2.75) is 30.7 Å². The lowest BCUT2D eigenvalue weighted by Crippen LogP contribution is -2.44. The summed E-state index contributed by atoms with van der Waals surface area (Å²) < 4.78 is 13.0. The summed E-state index contributed by atoms with van der Waals surface area (Å²) in [4.78, 5) is 12.0. The molecule has 1 aromatic carbocycles. The summed E-state index contributed by atoms with van der Waals surface area (Å²) in [7, 11) is 0. The van der Waals surface area contributed by atoms with Gasteiger partial charge in [-0.1, -0.05) is 0 Å². The van der Waals surface area contributed by atoms with Crippen molar-refractivity contribution in [1.29, 1.82) is 0 Å². The molecule has 0 aliphatic carbocycles. The Hall–Kier alpha value is -1.07. The van der Waals surface area contributed by atoms with Crippen molar-refractivity contribution >= 4 is 18.5 Å². The fourth-order valence-corrected chi connectivity index (χ4v) is 1.59. The number of hydrogen-bond donors (Lipinski definition) is 3. The van der Waals surface area contributed by atoms with E-state index in [1.807, 2.05) is 13.8 Å². The Balaban J connectivity index is 2.80. The number of hydrogen-bond acceptors (Lipinski definition) is 3. The Bertz CT molecular complexity index is 421. The van der Waals surface area contributed by atoms with Crippen molar-refractivity contribution < 1.29 is 14.3 Å². The van der Waals surface area contributed by atoms with Gasteiger partial charge in [0.1, 0.15) is 5.82 Å². The molecule has 0 bridgehead atoms. The SMILES string of the molecule is CC(C)(CCO)NC(=O)c1ccc(F)c(S)c1. The number of carbonyl (C=O) groups excluding carboxylic acids is 1. The molecule has 0 spiro atoms. The minimum atomic E-state index is -0.503. The lowest BCUT2D eigenvalue weighted by atomic mass is 10.0. The molecule has 0 aliphatic heterocycles. The molecule has 1 rings (SSSR count). The third-order valence-corrected chi connectivity index (χ3v) is 2.74. The van der Waals surface area contributed by atoms with Crippen LogP contribution in [0.3, 0.4) is 0 Å². The molecule has 1 amide bonds. The van der Waals surface area contributed by atoms with E-state index in [4.69, 9.17) is 5.11 Å². The summed E-state index contributed by atoms with van der Waals surface area (Å²) in [6, 6.07) is 3.98. The third kappa shape index (κ3) is 4.02. The van der Waals surface area contributed by atoms with Crippen molar-refractivity contribution in [3.8, 4) is 0 Å². The number of aliphatic hydroxyl groups is 1. The smallest absolute Gasteiger partial charge is 0.251 e. The van der Waals surface area contributed by atoms with Crippen LogP contribution in [-0.4, -0.2) is 23.2 Å². The van der Waals surface area contributed by atoms with Crippen LogP contribution in [0, 0.1) is 5.82 Å². The molecule has 94 valence electrons. The fraction of sp³-hybridized carbons (Fsp3) is 0.417. The standard InChI is InChI=1S/C12H16FNO2S/c1-12(2,5-6-15)14-11(16)8-3-4-9(13)10(17)7-8/h3-4,7,15,17H,5-6H2,1-2H3,(H,14,16). The quantitative estimate of drug-likeness (QED) is 0.723. The normalized spacial score (nSPS) is 11.4. The summed E-state index contributed by atoms with van der Waals surface area (Å²) >= 11 is 3.92. The monoisotopic (exact) mass is 257 g/mol. The third-order valence-electron chi connectivity index (χ3n) is 2.40. The molecule has 0 fully saturated rings. The highest BCUT2D eigenvalue weighted by Crippen LogP contribution is 2.15. The van der Waals surface area contributed by atoms with Crippen molar-refractivity contribution in [3.63, 3.8) is 0 Å². The van der Waals surface area contributed by atoms with Gasteiger partial charge in [-0.2, -0.15) is 0 Å². The number of halogens is 1. The van der Waals surface area contributed by atoms with Gasteiger partial charge in [-0.25, -0.2) is 4.39 Å². The maximum atomic E-state index is 13.0. The Kier molecular flexibility index (Phi) is 4.54. The van der Waals surface area contributed by atoms with E-state index in [9.17, 15) is 9.18 Å². The molecule has 5 heteroatoms. The summed E-state index contributed by atoms with van der Waals surface area (Å²) in [5, 5.41) is 11.6. The van der Waals surface area contributed by atoms with Gasteiger partial charge in [0, 0.05) is 22.6 Å². The predicted molar refractivity (Wildman–Crippen MR) is 66.9 cm³/mol. The van der Waals surface area contributed by atoms with E-state index < -0.39 is 11.4 Å². The second-order valence-electron chi connectivity index (χ2n) is 4.48. The molecule has 2 N–H and O–H groups in total. The van der Waals surface area contributed by atoms with Gasteiger partial charge in [0.15, 0.2) is 0 Å². The van der Waals surface area contributed by atoms with E-state index in [2.05, 4.69) is 17.9 Å². The maximum Gasteiger partial charge on any atom is 0.251 e. The highest BCUT2D eigenvalue weighted by molar-refractivity contribution is 7.80. The molecule has 3 nitrogen and oxygen atoms in total. The van der Waals surface area contributed by atoms with Crippen molar-refractivity contribution in [3.05, 3.63) is 29.6 Å². The second kappa shape index (κ2) is 5.51. The zero-order chi connectivity index (χ0) is 13.1. The van der Waals surface area contributed by atoms with Gasteiger partial charge < -0.3 is 10.4 Å². The van der Waals surface area contributed by atoms with Gasteiger partial charge in [-0.15, -0.1) is 12.6 Å². The van der Waals surface area contributed by atoms with Crippen LogP contribution >= 0.6 is 12.6 Å². The first-order valence-corrected chi connectivity index (χ1v) is 5.72. The molecule has 0 radical (unpaired) electrons. The highest BCUT2D eigenvalue weighted by Gasteiger charge is 2.20. The van der Waals surface area contributed by atoms with E-state index in [-0.39, 0.29) is 17.4 Å². The summed E-state index contributed by atoms with van der Waals surface area (Å²) in [6.45, 7) is 3.62. The zero-order valence-corrected chi connectivity index (χ0v) is 10.7. The molecule has 1 aromatic rings. The minimum absolute atomic E-state index is 0.00544. The van der Waals surface area contributed by atoms with Gasteiger partial charge in [-0.3, -0.25) is 4.79 Å². The fourth-order valence-electron chi connectivity index (χ4n) is 1.38. The number of amides is 1. The molecular weight excluding hydrogens is 241 g/mol. The van der Waals surface area contributed by atoms with E-state index in [0.717, 1.165) is 0 Å². The number of thiol groups is 1. The van der Waals surface area contributed by atoms with Gasteiger partial charge in [-0.05, 0) is 38.5 Å². The first-order chi connectivity index (χ1) is 7.85. The number of rotatable bonds is 4. The largest absolute Gasteiger partial charge is 0.396 e. The Morgan fingerprint density at radius 1 is 1.53 bits per heavy atom. The zero-order valence-electron chi connectivity index (χ0n) is 9.83. The summed E-state index contributed by atoms with van der Waals surface area (Å²) in [5.74, 6) is -0.766. The van der Waals surface area contributed by atoms with Crippen LogP contribution < -0.4 is 5.32 Å².